The Hall–Kier alpha value is -1.45. The monoisotopic (exact) mass is 259 g/mol. The summed E-state index contributed by atoms with van der Waals surface area (Å²) in [4.78, 5) is 9.12. The number of aromatic nitrogens is 2. The van der Waals surface area contributed by atoms with Crippen LogP contribution in [-0.2, 0) is 13.0 Å². The van der Waals surface area contributed by atoms with Crippen molar-refractivity contribution in [2.45, 2.75) is 19.9 Å². The van der Waals surface area contributed by atoms with Gasteiger partial charge in [-0.25, -0.2) is 9.97 Å². The lowest BCUT2D eigenvalue weighted by Gasteiger charge is -2.20. The van der Waals surface area contributed by atoms with Crippen molar-refractivity contribution in [3.63, 3.8) is 0 Å². The van der Waals surface area contributed by atoms with Crippen molar-refractivity contribution in [1.82, 2.24) is 15.3 Å². The third-order valence-corrected chi connectivity index (χ3v) is 3.50. The van der Waals surface area contributed by atoms with Gasteiger partial charge in [-0.2, -0.15) is 0 Å². The van der Waals surface area contributed by atoms with Crippen molar-refractivity contribution in [1.29, 1.82) is 0 Å². The van der Waals surface area contributed by atoms with Gasteiger partial charge in [0.15, 0.2) is 0 Å². The van der Waals surface area contributed by atoms with Crippen molar-refractivity contribution in [3.05, 3.63) is 46.4 Å². The summed E-state index contributed by atoms with van der Waals surface area (Å²) in [5.74, 6) is 0.811. The van der Waals surface area contributed by atoms with Crippen LogP contribution < -0.4 is 5.32 Å². The van der Waals surface area contributed by atoms with Crippen molar-refractivity contribution < 1.29 is 0 Å². The van der Waals surface area contributed by atoms with E-state index in [0.717, 1.165) is 47.3 Å². The maximum absolute atomic E-state index is 6.27. The van der Waals surface area contributed by atoms with Crippen molar-refractivity contribution in [3.8, 4) is 11.3 Å². The van der Waals surface area contributed by atoms with Gasteiger partial charge in [0.05, 0.1) is 11.4 Å². The maximum Gasteiger partial charge on any atom is 0.126 e. The van der Waals surface area contributed by atoms with E-state index in [2.05, 4.69) is 15.3 Å². The zero-order chi connectivity index (χ0) is 12.5. The highest BCUT2D eigenvalue weighted by Gasteiger charge is 2.18. The van der Waals surface area contributed by atoms with Gasteiger partial charge in [0, 0.05) is 35.7 Å². The van der Waals surface area contributed by atoms with Crippen LogP contribution in [0.25, 0.3) is 11.3 Å². The van der Waals surface area contributed by atoms with E-state index < -0.39 is 0 Å². The summed E-state index contributed by atoms with van der Waals surface area (Å²) in [6, 6.07) is 7.84. The van der Waals surface area contributed by atoms with Crippen molar-refractivity contribution >= 4 is 11.6 Å². The quantitative estimate of drug-likeness (QED) is 0.856. The number of hydrogen-bond acceptors (Lipinski definition) is 3. The van der Waals surface area contributed by atoms with E-state index in [0.29, 0.717) is 0 Å². The second-order valence-electron chi connectivity index (χ2n) is 4.45. The summed E-state index contributed by atoms with van der Waals surface area (Å²) in [5, 5.41) is 4.11. The van der Waals surface area contributed by atoms with Crippen molar-refractivity contribution in [2.75, 3.05) is 6.54 Å². The predicted molar refractivity (Wildman–Crippen MR) is 72.6 cm³/mol. The first-order chi connectivity index (χ1) is 8.75. The molecule has 0 aliphatic carbocycles. The number of halogens is 1. The predicted octanol–water partition coefficient (Wildman–Crippen LogP) is 2.75. The van der Waals surface area contributed by atoms with E-state index in [1.165, 1.54) is 5.56 Å². The second-order valence-corrected chi connectivity index (χ2v) is 4.86. The normalized spacial score (nSPS) is 14.3. The van der Waals surface area contributed by atoms with Crippen LogP contribution in [0.4, 0.5) is 0 Å². The lowest BCUT2D eigenvalue weighted by atomic mass is 10.0. The molecule has 0 spiro atoms. The van der Waals surface area contributed by atoms with Gasteiger partial charge in [0.25, 0.3) is 0 Å². The van der Waals surface area contributed by atoms with E-state index in [1.807, 2.05) is 31.2 Å². The number of nitrogens with one attached hydrogen (secondary N) is 1. The van der Waals surface area contributed by atoms with E-state index in [4.69, 9.17) is 11.6 Å². The molecule has 18 heavy (non-hydrogen) atoms. The Balaban J connectivity index is 2.23. The molecule has 1 aliphatic heterocycles. The summed E-state index contributed by atoms with van der Waals surface area (Å²) in [5.41, 5.74) is 4.29. The highest BCUT2D eigenvalue weighted by Crippen LogP contribution is 2.30. The third kappa shape index (κ3) is 2.00. The Kier molecular flexibility index (Phi) is 3.02. The number of nitrogens with zero attached hydrogens (tertiary/aromatic N) is 2. The summed E-state index contributed by atoms with van der Waals surface area (Å²) >= 11 is 6.27. The zero-order valence-corrected chi connectivity index (χ0v) is 11.0. The van der Waals surface area contributed by atoms with Gasteiger partial charge < -0.3 is 5.32 Å². The molecule has 0 unspecified atom stereocenters. The number of aryl methyl sites for hydroxylation is 1. The van der Waals surface area contributed by atoms with E-state index in [-0.39, 0.29) is 0 Å². The van der Waals surface area contributed by atoms with E-state index in [9.17, 15) is 0 Å². The lowest BCUT2D eigenvalue weighted by Crippen LogP contribution is -2.26. The molecule has 4 heteroatoms. The molecule has 1 aromatic carbocycles. The van der Waals surface area contributed by atoms with Gasteiger partial charge in [0.2, 0.25) is 0 Å². The Labute approximate surface area is 111 Å². The third-order valence-electron chi connectivity index (χ3n) is 3.17. The minimum Gasteiger partial charge on any atom is -0.312 e. The molecule has 0 bridgehead atoms. The molecule has 0 amide bonds. The fraction of sp³-hybridized carbons (Fsp3) is 0.286. The first-order valence-electron chi connectivity index (χ1n) is 6.07. The molecular formula is C14H14ClN3. The molecule has 0 radical (unpaired) electrons. The van der Waals surface area contributed by atoms with Gasteiger partial charge >= 0.3 is 0 Å². The molecule has 3 nitrogen and oxygen atoms in total. The van der Waals surface area contributed by atoms with Gasteiger partial charge in [-0.3, -0.25) is 0 Å². The number of rotatable bonds is 1. The topological polar surface area (TPSA) is 37.8 Å². The van der Waals surface area contributed by atoms with Crippen LogP contribution in [0.2, 0.25) is 5.02 Å². The minimum absolute atomic E-state index is 0.739. The summed E-state index contributed by atoms with van der Waals surface area (Å²) in [6.07, 6.45) is 0.955. The molecule has 0 fully saturated rings. The van der Waals surface area contributed by atoms with Gasteiger partial charge in [-0.05, 0) is 13.0 Å². The molecule has 3 rings (SSSR count). The fourth-order valence-corrected chi connectivity index (χ4v) is 2.57. The Morgan fingerprint density at radius 3 is 2.89 bits per heavy atom. The average Bonchev–Trinajstić information content (AvgIpc) is 2.38. The summed E-state index contributed by atoms with van der Waals surface area (Å²) < 4.78 is 0. The van der Waals surface area contributed by atoms with Crippen LogP contribution in [0.15, 0.2) is 24.3 Å². The molecule has 1 aliphatic rings. The first-order valence-corrected chi connectivity index (χ1v) is 6.45. The van der Waals surface area contributed by atoms with E-state index in [1.54, 1.807) is 0 Å². The van der Waals surface area contributed by atoms with Gasteiger partial charge in [-0.1, -0.05) is 29.8 Å². The van der Waals surface area contributed by atoms with Gasteiger partial charge in [-0.15, -0.1) is 0 Å². The Morgan fingerprint density at radius 2 is 2.06 bits per heavy atom. The van der Waals surface area contributed by atoms with Crippen LogP contribution in [0.1, 0.15) is 17.1 Å². The van der Waals surface area contributed by atoms with E-state index >= 15 is 0 Å². The maximum atomic E-state index is 6.27. The number of benzene rings is 1. The average molecular weight is 260 g/mol. The van der Waals surface area contributed by atoms with Crippen LogP contribution in [0.5, 0.6) is 0 Å². The summed E-state index contributed by atoms with van der Waals surface area (Å²) in [7, 11) is 0. The minimum atomic E-state index is 0.739. The molecule has 1 aromatic heterocycles. The molecule has 0 saturated heterocycles. The zero-order valence-electron chi connectivity index (χ0n) is 10.2. The largest absolute Gasteiger partial charge is 0.312 e. The Bertz CT molecular complexity index is 596. The molecule has 2 heterocycles. The molecule has 0 saturated carbocycles. The van der Waals surface area contributed by atoms with Crippen LogP contribution >= 0.6 is 11.6 Å². The number of hydrogen-bond donors (Lipinski definition) is 1. The highest BCUT2D eigenvalue weighted by molar-refractivity contribution is 6.33. The molecule has 2 aromatic rings. The van der Waals surface area contributed by atoms with Crippen LogP contribution in [0.3, 0.4) is 0 Å². The molecular weight excluding hydrogens is 246 g/mol. The molecule has 0 atom stereocenters. The molecule has 92 valence electrons. The number of fused-ring (bicyclic) bond motifs is 1. The fourth-order valence-electron chi connectivity index (χ4n) is 2.34. The van der Waals surface area contributed by atoms with Gasteiger partial charge in [0.1, 0.15) is 5.82 Å². The standard InChI is InChI=1S/C14H14ClN3/c1-9-17-13-6-7-16-8-11(13)14(18-9)10-4-2-3-5-12(10)15/h2-5,16H,6-8H2,1H3. The van der Waals surface area contributed by atoms with Crippen molar-refractivity contribution in [2.24, 2.45) is 0 Å². The van der Waals surface area contributed by atoms with Crippen LogP contribution in [-0.4, -0.2) is 16.5 Å². The second kappa shape index (κ2) is 4.67. The van der Waals surface area contributed by atoms with Crippen LogP contribution in [0, 0.1) is 6.92 Å². The summed E-state index contributed by atoms with van der Waals surface area (Å²) in [6.45, 7) is 3.73. The smallest absolute Gasteiger partial charge is 0.126 e. The first kappa shape index (κ1) is 11.6. The SMILES string of the molecule is Cc1nc2c(c(-c3ccccc3Cl)n1)CNCC2. The Morgan fingerprint density at radius 1 is 1.22 bits per heavy atom. The highest BCUT2D eigenvalue weighted by atomic mass is 35.5. The lowest BCUT2D eigenvalue weighted by molar-refractivity contribution is 0.624. The molecule has 1 N–H and O–H groups in total.